The lowest BCUT2D eigenvalue weighted by Crippen LogP contribution is -2.09. The predicted octanol–water partition coefficient (Wildman–Crippen LogP) is 3.54. The molecule has 4 nitrogen and oxygen atoms in total. The van der Waals surface area contributed by atoms with Gasteiger partial charge >= 0.3 is 0 Å². The van der Waals surface area contributed by atoms with Gasteiger partial charge in [0.25, 0.3) is 0 Å². The van der Waals surface area contributed by atoms with Crippen LogP contribution in [-0.2, 0) is 6.42 Å². The lowest BCUT2D eigenvalue weighted by atomic mass is 10.1. The smallest absolute Gasteiger partial charge is 0.180 e. The summed E-state index contributed by atoms with van der Waals surface area (Å²) in [5.41, 5.74) is 4.21. The average molecular weight is 270 g/mol. The molecule has 0 aliphatic rings. The van der Waals surface area contributed by atoms with Gasteiger partial charge in [-0.1, -0.05) is 13.8 Å². The average Bonchev–Trinajstić information content (AvgIpc) is 2.44. The Kier molecular flexibility index (Phi) is 4.66. The van der Waals surface area contributed by atoms with Gasteiger partial charge in [-0.3, -0.25) is 4.98 Å². The molecule has 4 heteroatoms. The number of anilines is 1. The fourth-order valence-corrected chi connectivity index (χ4v) is 2.18. The molecule has 0 saturated carbocycles. The van der Waals surface area contributed by atoms with E-state index in [4.69, 9.17) is 0 Å². The van der Waals surface area contributed by atoms with E-state index in [1.54, 1.807) is 6.20 Å². The van der Waals surface area contributed by atoms with Gasteiger partial charge in [-0.05, 0) is 44.4 Å². The van der Waals surface area contributed by atoms with Gasteiger partial charge in [-0.2, -0.15) is 0 Å². The van der Waals surface area contributed by atoms with Crippen molar-refractivity contribution in [2.45, 2.75) is 40.5 Å². The summed E-state index contributed by atoms with van der Waals surface area (Å²) >= 11 is 0. The van der Waals surface area contributed by atoms with Gasteiger partial charge in [-0.25, -0.2) is 9.97 Å². The number of hydrogen-bond acceptors (Lipinski definition) is 4. The number of hydrogen-bond donors (Lipinski definition) is 1. The lowest BCUT2D eigenvalue weighted by Gasteiger charge is -2.13. The Bertz CT molecular complexity index is 593. The maximum absolute atomic E-state index is 4.67. The van der Waals surface area contributed by atoms with E-state index >= 15 is 0 Å². The van der Waals surface area contributed by atoms with Crippen molar-refractivity contribution < 1.29 is 0 Å². The monoisotopic (exact) mass is 270 g/mol. The van der Waals surface area contributed by atoms with Crippen molar-refractivity contribution in [1.82, 2.24) is 15.0 Å². The first-order chi connectivity index (χ1) is 9.65. The van der Waals surface area contributed by atoms with Gasteiger partial charge in [0.15, 0.2) is 5.82 Å². The SMILES string of the molecule is CCCNc1nc(-c2cc(C)ccn2)nc(C)c1CC. The highest BCUT2D eigenvalue weighted by Crippen LogP contribution is 2.22. The van der Waals surface area contributed by atoms with Crippen molar-refractivity contribution in [3.05, 3.63) is 35.2 Å². The van der Waals surface area contributed by atoms with E-state index in [2.05, 4.69) is 41.0 Å². The summed E-state index contributed by atoms with van der Waals surface area (Å²) in [6, 6.07) is 4.00. The summed E-state index contributed by atoms with van der Waals surface area (Å²) in [4.78, 5) is 13.7. The van der Waals surface area contributed by atoms with Crippen LogP contribution in [0.1, 0.15) is 37.1 Å². The molecule has 0 amide bonds. The minimum Gasteiger partial charge on any atom is -0.370 e. The Balaban J connectivity index is 2.47. The standard InChI is InChI=1S/C16H22N4/c1-5-8-18-15-13(6-2)12(4)19-16(20-15)14-10-11(3)7-9-17-14/h7,9-10H,5-6,8H2,1-4H3,(H,18,19,20). The number of aromatic nitrogens is 3. The summed E-state index contributed by atoms with van der Waals surface area (Å²) in [5.74, 6) is 1.64. The molecule has 0 aromatic carbocycles. The Morgan fingerprint density at radius 1 is 1.15 bits per heavy atom. The van der Waals surface area contributed by atoms with Crippen LogP contribution in [0.15, 0.2) is 18.3 Å². The van der Waals surface area contributed by atoms with E-state index in [0.717, 1.165) is 36.6 Å². The Hall–Kier alpha value is -1.97. The molecule has 0 bridgehead atoms. The summed E-state index contributed by atoms with van der Waals surface area (Å²) in [6.07, 6.45) is 3.81. The van der Waals surface area contributed by atoms with E-state index in [1.807, 2.05) is 19.1 Å². The maximum Gasteiger partial charge on any atom is 0.180 e. The second-order valence-corrected chi connectivity index (χ2v) is 4.96. The minimum atomic E-state index is 0.696. The van der Waals surface area contributed by atoms with E-state index in [0.29, 0.717) is 5.82 Å². The van der Waals surface area contributed by atoms with Gasteiger partial charge < -0.3 is 5.32 Å². The third-order valence-electron chi connectivity index (χ3n) is 3.25. The summed E-state index contributed by atoms with van der Waals surface area (Å²) in [5, 5.41) is 3.40. The summed E-state index contributed by atoms with van der Waals surface area (Å²) in [6.45, 7) is 9.29. The Labute approximate surface area is 120 Å². The lowest BCUT2D eigenvalue weighted by molar-refractivity contribution is 0.936. The zero-order valence-corrected chi connectivity index (χ0v) is 12.7. The number of rotatable bonds is 5. The quantitative estimate of drug-likeness (QED) is 0.903. The first-order valence-corrected chi connectivity index (χ1v) is 7.20. The van der Waals surface area contributed by atoms with Crippen molar-refractivity contribution >= 4 is 5.82 Å². The first kappa shape index (κ1) is 14.4. The summed E-state index contributed by atoms with van der Waals surface area (Å²) < 4.78 is 0. The zero-order chi connectivity index (χ0) is 14.5. The first-order valence-electron chi connectivity index (χ1n) is 7.20. The molecular formula is C16H22N4. The van der Waals surface area contributed by atoms with Crippen molar-refractivity contribution in [2.24, 2.45) is 0 Å². The molecule has 2 aromatic heterocycles. The van der Waals surface area contributed by atoms with Crippen molar-refractivity contribution in [2.75, 3.05) is 11.9 Å². The van der Waals surface area contributed by atoms with Crippen molar-refractivity contribution in [3.8, 4) is 11.5 Å². The molecule has 2 rings (SSSR count). The molecule has 1 N–H and O–H groups in total. The van der Waals surface area contributed by atoms with Gasteiger partial charge in [0, 0.05) is 24.0 Å². The van der Waals surface area contributed by atoms with Crippen LogP contribution in [0.5, 0.6) is 0 Å². The highest BCUT2D eigenvalue weighted by Gasteiger charge is 2.12. The van der Waals surface area contributed by atoms with Gasteiger partial charge in [0.05, 0.1) is 0 Å². The molecule has 106 valence electrons. The Morgan fingerprint density at radius 2 is 1.95 bits per heavy atom. The fourth-order valence-electron chi connectivity index (χ4n) is 2.18. The third-order valence-corrected chi connectivity index (χ3v) is 3.25. The molecule has 0 unspecified atom stereocenters. The van der Waals surface area contributed by atoms with Crippen LogP contribution in [0, 0.1) is 13.8 Å². The van der Waals surface area contributed by atoms with Crippen LogP contribution in [0.2, 0.25) is 0 Å². The zero-order valence-electron chi connectivity index (χ0n) is 12.7. The molecule has 0 spiro atoms. The molecule has 0 aliphatic carbocycles. The molecule has 0 radical (unpaired) electrons. The highest BCUT2D eigenvalue weighted by molar-refractivity contribution is 5.57. The van der Waals surface area contributed by atoms with Gasteiger partial charge in [0.1, 0.15) is 11.5 Å². The molecule has 0 aliphatic heterocycles. The van der Waals surface area contributed by atoms with Crippen LogP contribution in [-0.4, -0.2) is 21.5 Å². The molecule has 2 aromatic rings. The van der Waals surface area contributed by atoms with Crippen LogP contribution in [0.3, 0.4) is 0 Å². The Morgan fingerprint density at radius 3 is 2.60 bits per heavy atom. The van der Waals surface area contributed by atoms with E-state index in [-0.39, 0.29) is 0 Å². The topological polar surface area (TPSA) is 50.7 Å². The number of nitrogens with one attached hydrogen (secondary N) is 1. The van der Waals surface area contributed by atoms with Crippen LogP contribution >= 0.6 is 0 Å². The molecular weight excluding hydrogens is 248 g/mol. The second-order valence-electron chi connectivity index (χ2n) is 4.96. The number of pyridine rings is 1. The minimum absolute atomic E-state index is 0.696. The van der Waals surface area contributed by atoms with Crippen LogP contribution < -0.4 is 5.32 Å². The van der Waals surface area contributed by atoms with E-state index in [9.17, 15) is 0 Å². The van der Waals surface area contributed by atoms with Crippen LogP contribution in [0.25, 0.3) is 11.5 Å². The molecule has 0 atom stereocenters. The fraction of sp³-hybridized carbons (Fsp3) is 0.438. The normalized spacial score (nSPS) is 10.6. The second kappa shape index (κ2) is 6.46. The van der Waals surface area contributed by atoms with Crippen molar-refractivity contribution in [3.63, 3.8) is 0 Å². The van der Waals surface area contributed by atoms with E-state index < -0.39 is 0 Å². The molecule has 0 saturated heterocycles. The highest BCUT2D eigenvalue weighted by atomic mass is 15.0. The van der Waals surface area contributed by atoms with Crippen LogP contribution in [0.4, 0.5) is 5.82 Å². The van der Waals surface area contributed by atoms with Gasteiger partial charge in [-0.15, -0.1) is 0 Å². The number of nitrogens with zero attached hydrogens (tertiary/aromatic N) is 3. The molecule has 2 heterocycles. The molecule has 20 heavy (non-hydrogen) atoms. The summed E-state index contributed by atoms with van der Waals surface area (Å²) in [7, 11) is 0. The maximum atomic E-state index is 4.67. The van der Waals surface area contributed by atoms with Gasteiger partial charge in [0.2, 0.25) is 0 Å². The third kappa shape index (κ3) is 3.13. The van der Waals surface area contributed by atoms with Crippen molar-refractivity contribution in [1.29, 1.82) is 0 Å². The molecule has 0 fully saturated rings. The van der Waals surface area contributed by atoms with E-state index in [1.165, 1.54) is 11.1 Å². The number of aryl methyl sites for hydroxylation is 2. The largest absolute Gasteiger partial charge is 0.370 e. The predicted molar refractivity (Wildman–Crippen MR) is 82.9 cm³/mol.